The van der Waals surface area contributed by atoms with E-state index in [4.69, 9.17) is 16.3 Å². The Labute approximate surface area is 125 Å². The van der Waals surface area contributed by atoms with Gasteiger partial charge in [-0.05, 0) is 18.6 Å². The van der Waals surface area contributed by atoms with Crippen molar-refractivity contribution in [1.29, 1.82) is 0 Å². The van der Waals surface area contributed by atoms with Crippen molar-refractivity contribution in [2.75, 3.05) is 26.3 Å². The molecule has 1 amide bonds. The van der Waals surface area contributed by atoms with Crippen LogP contribution in [0.5, 0.6) is 0 Å². The Morgan fingerprint density at radius 3 is 2.90 bits per heavy atom. The smallest absolute Gasteiger partial charge is 0.311 e. The molecule has 0 aliphatic carbocycles. The van der Waals surface area contributed by atoms with E-state index < -0.39 is 11.4 Å². The molecular weight excluding hydrogens is 302 g/mol. The molecule has 2 saturated heterocycles. The minimum Gasteiger partial charge on any atom is -0.481 e. The third kappa shape index (κ3) is 2.12. The second-order valence-electron chi connectivity index (χ2n) is 5.27. The van der Waals surface area contributed by atoms with Crippen LogP contribution in [0.3, 0.4) is 0 Å². The quantitative estimate of drug-likeness (QED) is 0.906. The maximum atomic E-state index is 12.4. The summed E-state index contributed by atoms with van der Waals surface area (Å²) in [7, 11) is 0. The molecule has 2 fully saturated rings. The molecule has 1 aromatic rings. The van der Waals surface area contributed by atoms with Crippen LogP contribution in [0.25, 0.3) is 0 Å². The number of carboxylic acids is 1. The summed E-state index contributed by atoms with van der Waals surface area (Å²) < 4.78 is 5.93. The van der Waals surface area contributed by atoms with Crippen LogP contribution < -0.4 is 0 Å². The molecule has 0 saturated carbocycles. The molecule has 0 spiro atoms. The zero-order valence-electron chi connectivity index (χ0n) is 10.7. The highest BCUT2D eigenvalue weighted by Crippen LogP contribution is 2.43. The highest BCUT2D eigenvalue weighted by molar-refractivity contribution is 7.17. The Bertz CT molecular complexity index is 560. The van der Waals surface area contributed by atoms with Gasteiger partial charge in [-0.1, -0.05) is 11.6 Å². The second-order valence-corrected chi connectivity index (χ2v) is 6.99. The van der Waals surface area contributed by atoms with Gasteiger partial charge in [0.25, 0.3) is 5.91 Å². The number of hydrogen-bond acceptors (Lipinski definition) is 4. The van der Waals surface area contributed by atoms with Crippen molar-refractivity contribution in [3.8, 4) is 0 Å². The molecule has 2 atom stereocenters. The first-order valence-electron chi connectivity index (χ1n) is 6.39. The standard InChI is InChI=1S/C13H14ClNO4S/c14-10-2-1-9(20-10)11(16)15-5-8-6-19-4-3-13(8,7-15)12(17)18/h1-2,8H,3-7H2,(H,17,18)/t8-,13+/m1/s1. The van der Waals surface area contributed by atoms with E-state index in [1.807, 2.05) is 0 Å². The molecule has 3 heterocycles. The van der Waals surface area contributed by atoms with Crippen molar-refractivity contribution < 1.29 is 19.4 Å². The highest BCUT2D eigenvalue weighted by Gasteiger charge is 2.55. The van der Waals surface area contributed by atoms with Gasteiger partial charge in [-0.25, -0.2) is 0 Å². The predicted molar refractivity (Wildman–Crippen MR) is 74.2 cm³/mol. The van der Waals surface area contributed by atoms with Crippen molar-refractivity contribution in [2.24, 2.45) is 11.3 Å². The number of halogens is 1. The first-order valence-corrected chi connectivity index (χ1v) is 7.58. The lowest BCUT2D eigenvalue weighted by molar-refractivity contribution is -0.157. The van der Waals surface area contributed by atoms with Gasteiger partial charge in [-0.2, -0.15) is 0 Å². The lowest BCUT2D eigenvalue weighted by Gasteiger charge is -2.33. The molecule has 0 unspecified atom stereocenters. The predicted octanol–water partition coefficient (Wildman–Crippen LogP) is 1.96. The number of carboxylic acid groups (broad SMARTS) is 1. The molecule has 5 nitrogen and oxygen atoms in total. The summed E-state index contributed by atoms with van der Waals surface area (Å²) in [6.07, 6.45) is 0.460. The van der Waals surface area contributed by atoms with Gasteiger partial charge >= 0.3 is 5.97 Å². The Morgan fingerprint density at radius 2 is 2.30 bits per heavy atom. The highest BCUT2D eigenvalue weighted by atomic mass is 35.5. The van der Waals surface area contributed by atoms with E-state index in [1.165, 1.54) is 11.3 Å². The van der Waals surface area contributed by atoms with Gasteiger partial charge in [0, 0.05) is 25.6 Å². The first-order chi connectivity index (χ1) is 9.53. The number of nitrogens with zero attached hydrogens (tertiary/aromatic N) is 1. The van der Waals surface area contributed by atoms with Gasteiger partial charge in [0.15, 0.2) is 0 Å². The van der Waals surface area contributed by atoms with Gasteiger partial charge in [0.2, 0.25) is 0 Å². The van der Waals surface area contributed by atoms with Gasteiger partial charge in [-0.3, -0.25) is 9.59 Å². The Hall–Kier alpha value is -1.11. The summed E-state index contributed by atoms with van der Waals surface area (Å²) in [5, 5.41) is 9.56. The number of carbonyl (C=O) groups excluding carboxylic acids is 1. The molecular formula is C13H14ClNO4S. The van der Waals surface area contributed by atoms with E-state index in [-0.39, 0.29) is 18.4 Å². The lowest BCUT2D eigenvalue weighted by atomic mass is 9.74. The maximum absolute atomic E-state index is 12.4. The molecule has 1 aromatic heterocycles. The summed E-state index contributed by atoms with van der Waals surface area (Å²) in [5.41, 5.74) is -0.852. The summed E-state index contributed by atoms with van der Waals surface area (Å²) in [4.78, 5) is 26.2. The van der Waals surface area contributed by atoms with E-state index >= 15 is 0 Å². The first kappa shape index (κ1) is 13.9. The van der Waals surface area contributed by atoms with Crippen molar-refractivity contribution >= 4 is 34.8 Å². The van der Waals surface area contributed by atoms with Crippen LogP contribution in [-0.2, 0) is 9.53 Å². The van der Waals surface area contributed by atoms with Gasteiger partial charge in [0.05, 0.1) is 21.2 Å². The van der Waals surface area contributed by atoms with E-state index in [9.17, 15) is 14.7 Å². The maximum Gasteiger partial charge on any atom is 0.311 e. The van der Waals surface area contributed by atoms with Crippen LogP contribution in [-0.4, -0.2) is 48.2 Å². The minimum absolute atomic E-state index is 0.131. The summed E-state index contributed by atoms with van der Waals surface area (Å²) >= 11 is 7.06. The summed E-state index contributed by atoms with van der Waals surface area (Å²) in [5.74, 6) is -1.10. The van der Waals surface area contributed by atoms with Gasteiger partial charge in [0.1, 0.15) is 0 Å². The molecule has 0 aromatic carbocycles. The SMILES string of the molecule is O=C(c1ccc(Cl)s1)N1C[C@@H]2COCC[C@]2(C(=O)O)C1. The topological polar surface area (TPSA) is 66.8 Å². The Morgan fingerprint density at radius 1 is 1.50 bits per heavy atom. The zero-order chi connectivity index (χ0) is 14.3. The fourth-order valence-electron chi connectivity index (χ4n) is 3.04. The number of likely N-dealkylation sites (tertiary alicyclic amines) is 1. The molecule has 20 heavy (non-hydrogen) atoms. The number of carbonyl (C=O) groups is 2. The van der Waals surface area contributed by atoms with Crippen LogP contribution >= 0.6 is 22.9 Å². The molecule has 2 aliphatic rings. The van der Waals surface area contributed by atoms with Crippen molar-refractivity contribution in [3.63, 3.8) is 0 Å². The van der Waals surface area contributed by atoms with E-state index in [1.54, 1.807) is 17.0 Å². The molecule has 3 rings (SSSR count). The third-order valence-corrected chi connectivity index (χ3v) is 5.42. The average Bonchev–Trinajstić information content (AvgIpc) is 3.02. The van der Waals surface area contributed by atoms with E-state index in [0.29, 0.717) is 35.4 Å². The number of ether oxygens (including phenoxy) is 1. The minimum atomic E-state index is -0.852. The summed E-state index contributed by atoms with van der Waals surface area (Å²) in [6, 6.07) is 3.36. The van der Waals surface area contributed by atoms with Crippen molar-refractivity contribution in [1.82, 2.24) is 4.90 Å². The number of rotatable bonds is 2. The van der Waals surface area contributed by atoms with E-state index in [2.05, 4.69) is 0 Å². The lowest BCUT2D eigenvalue weighted by Crippen LogP contribution is -2.45. The number of hydrogen-bond donors (Lipinski definition) is 1. The Balaban J connectivity index is 1.84. The molecule has 2 aliphatic heterocycles. The third-order valence-electron chi connectivity index (χ3n) is 4.20. The monoisotopic (exact) mass is 315 g/mol. The van der Waals surface area contributed by atoms with Crippen LogP contribution in [0.1, 0.15) is 16.1 Å². The molecule has 0 radical (unpaired) electrons. The van der Waals surface area contributed by atoms with Gasteiger partial charge < -0.3 is 14.7 Å². The molecule has 108 valence electrons. The molecule has 0 bridgehead atoms. The fraction of sp³-hybridized carbons (Fsp3) is 0.538. The van der Waals surface area contributed by atoms with E-state index in [0.717, 1.165) is 0 Å². The number of thiophene rings is 1. The van der Waals surface area contributed by atoms with Crippen LogP contribution in [0.2, 0.25) is 4.34 Å². The number of aliphatic carboxylic acids is 1. The van der Waals surface area contributed by atoms with Crippen molar-refractivity contribution in [3.05, 3.63) is 21.3 Å². The zero-order valence-corrected chi connectivity index (χ0v) is 12.2. The fourth-order valence-corrected chi connectivity index (χ4v) is 4.05. The molecule has 7 heteroatoms. The number of fused-ring (bicyclic) bond motifs is 1. The Kier molecular flexibility index (Phi) is 3.48. The van der Waals surface area contributed by atoms with Crippen LogP contribution in [0.15, 0.2) is 12.1 Å². The van der Waals surface area contributed by atoms with Crippen LogP contribution in [0, 0.1) is 11.3 Å². The molecule has 1 N–H and O–H groups in total. The van der Waals surface area contributed by atoms with Gasteiger partial charge in [-0.15, -0.1) is 11.3 Å². The average molecular weight is 316 g/mol. The normalized spacial score (nSPS) is 29.2. The second kappa shape index (κ2) is 5.02. The van der Waals surface area contributed by atoms with Crippen molar-refractivity contribution in [2.45, 2.75) is 6.42 Å². The summed E-state index contributed by atoms with van der Waals surface area (Å²) in [6.45, 7) is 1.53. The number of amides is 1. The largest absolute Gasteiger partial charge is 0.481 e. The van der Waals surface area contributed by atoms with Crippen LogP contribution in [0.4, 0.5) is 0 Å².